The van der Waals surface area contributed by atoms with E-state index in [1.165, 1.54) is 0 Å². The van der Waals surface area contributed by atoms with Crippen LogP contribution in [0.5, 0.6) is 0 Å². The van der Waals surface area contributed by atoms with E-state index in [-0.39, 0.29) is 0 Å². The summed E-state index contributed by atoms with van der Waals surface area (Å²) in [6, 6.07) is 2.41. The molecule has 50 heavy (non-hydrogen) atoms. The van der Waals surface area contributed by atoms with Crippen molar-refractivity contribution < 1.29 is 0 Å². The molecule has 4 N–H and O–H groups in total. The molecule has 0 amide bonds. The summed E-state index contributed by atoms with van der Waals surface area (Å²) < 4.78 is 0. The highest BCUT2D eigenvalue weighted by Gasteiger charge is 2.18. The zero-order valence-electron chi connectivity index (χ0n) is 34.9. The van der Waals surface area contributed by atoms with Crippen LogP contribution in [0, 0.1) is 19.8 Å². The number of anilines is 2. The van der Waals surface area contributed by atoms with E-state index in [0.29, 0.717) is 29.7 Å². The summed E-state index contributed by atoms with van der Waals surface area (Å²) in [6.07, 6.45) is 4.59. The van der Waals surface area contributed by atoms with E-state index in [2.05, 4.69) is 121 Å². The summed E-state index contributed by atoms with van der Waals surface area (Å²) in [5.41, 5.74) is 7.52. The number of hydrogen-bond donors (Lipinski definition) is 4. The number of aromatic amines is 2. The summed E-state index contributed by atoms with van der Waals surface area (Å²) in [4.78, 5) is 33.3. The van der Waals surface area contributed by atoms with Gasteiger partial charge in [-0.1, -0.05) is 104 Å². The number of rotatable bonds is 7. The number of aliphatic imine (C=N–C) groups is 1. The van der Waals surface area contributed by atoms with Gasteiger partial charge in [-0.05, 0) is 51.0 Å². The fourth-order valence-electron chi connectivity index (χ4n) is 4.73. The molecule has 10 nitrogen and oxygen atoms in total. The highest BCUT2D eigenvalue weighted by atomic mass is 15.1. The van der Waals surface area contributed by atoms with Crippen LogP contribution >= 0.6 is 0 Å². The van der Waals surface area contributed by atoms with Gasteiger partial charge in [0, 0.05) is 42.3 Å². The Morgan fingerprint density at radius 3 is 1.84 bits per heavy atom. The first-order chi connectivity index (χ1) is 23.8. The van der Waals surface area contributed by atoms with Crippen molar-refractivity contribution in [3.8, 4) is 0 Å². The van der Waals surface area contributed by atoms with Crippen molar-refractivity contribution in [3.05, 3.63) is 53.0 Å². The molecule has 0 fully saturated rings. The van der Waals surface area contributed by atoms with Crippen LogP contribution in [0.2, 0.25) is 0 Å². The number of imidazole rings is 1. The molecule has 0 spiro atoms. The minimum absolute atomic E-state index is 0.357. The second-order valence-electron chi connectivity index (χ2n) is 12.7. The summed E-state index contributed by atoms with van der Waals surface area (Å²) in [7, 11) is 0. The van der Waals surface area contributed by atoms with Crippen LogP contribution < -0.4 is 10.6 Å². The Morgan fingerprint density at radius 1 is 0.740 bits per heavy atom. The average Bonchev–Trinajstić information content (AvgIpc) is 3.78. The fraction of sp³-hybridized carbons (Fsp3) is 0.650. The highest BCUT2D eigenvalue weighted by Crippen LogP contribution is 2.30. The maximum absolute atomic E-state index is 4.73. The smallest absolute Gasteiger partial charge is 0.153 e. The maximum atomic E-state index is 4.73. The third-order valence-corrected chi connectivity index (χ3v) is 7.60. The molecule has 4 aromatic rings. The van der Waals surface area contributed by atoms with E-state index < -0.39 is 0 Å². The molecule has 0 saturated heterocycles. The van der Waals surface area contributed by atoms with Crippen molar-refractivity contribution in [2.45, 2.75) is 155 Å². The van der Waals surface area contributed by atoms with Gasteiger partial charge in [-0.15, -0.1) is 0 Å². The number of nitrogens with one attached hydrogen (secondary N) is 4. The summed E-state index contributed by atoms with van der Waals surface area (Å²) >= 11 is 0. The molecule has 5 heterocycles. The lowest BCUT2D eigenvalue weighted by molar-refractivity contribution is 0.530. The molecular formula is C40H72N10. The largest absolute Gasteiger partial charge is 0.379 e. The molecule has 0 bridgehead atoms. The fourth-order valence-corrected chi connectivity index (χ4v) is 4.73. The van der Waals surface area contributed by atoms with Crippen molar-refractivity contribution in [2.75, 3.05) is 23.7 Å². The van der Waals surface area contributed by atoms with E-state index >= 15 is 0 Å². The van der Waals surface area contributed by atoms with Gasteiger partial charge >= 0.3 is 0 Å². The van der Waals surface area contributed by atoms with Crippen LogP contribution in [0.4, 0.5) is 11.5 Å². The molecule has 1 aliphatic rings. The Balaban J connectivity index is 0.000000669. The molecule has 1 atom stereocenters. The molecule has 0 aliphatic carbocycles. The van der Waals surface area contributed by atoms with Crippen LogP contribution in [0.1, 0.15) is 169 Å². The first-order valence-corrected chi connectivity index (χ1v) is 19.1. The van der Waals surface area contributed by atoms with Crippen LogP contribution in [-0.4, -0.2) is 59.7 Å². The minimum atomic E-state index is 0.357. The van der Waals surface area contributed by atoms with Gasteiger partial charge in [0.15, 0.2) is 5.82 Å². The molecule has 5 rings (SSSR count). The Labute approximate surface area is 305 Å². The second kappa shape index (κ2) is 24.3. The van der Waals surface area contributed by atoms with E-state index in [1.54, 1.807) is 6.33 Å². The number of fused-ring (bicyclic) bond motifs is 2. The number of H-pyrrole nitrogens is 2. The zero-order valence-corrected chi connectivity index (χ0v) is 34.9. The van der Waals surface area contributed by atoms with Crippen molar-refractivity contribution in [3.63, 3.8) is 0 Å². The second-order valence-corrected chi connectivity index (χ2v) is 12.7. The van der Waals surface area contributed by atoms with Gasteiger partial charge in [-0.25, -0.2) is 24.9 Å². The van der Waals surface area contributed by atoms with Gasteiger partial charge in [0.25, 0.3) is 0 Å². The first-order valence-electron chi connectivity index (χ1n) is 19.1. The summed E-state index contributed by atoms with van der Waals surface area (Å²) in [5, 5.41) is 7.78. The quantitative estimate of drug-likeness (QED) is 0.142. The molecule has 0 saturated carbocycles. The number of nitrogens with zero attached hydrogens (tertiary/aromatic N) is 6. The van der Waals surface area contributed by atoms with Gasteiger partial charge in [-0.3, -0.25) is 4.99 Å². The Kier molecular flexibility index (Phi) is 22.5. The van der Waals surface area contributed by atoms with Crippen molar-refractivity contribution >= 4 is 28.3 Å². The van der Waals surface area contributed by atoms with E-state index in [1.807, 2.05) is 61.6 Å². The lowest BCUT2D eigenvalue weighted by atomic mass is 10.1. The average molecular weight is 693 g/mol. The zero-order chi connectivity index (χ0) is 38.6. The standard InChI is InChI=1S/C12H17N3.C12H21N3.C10H16N4.3C2H6/c1-7(2)10-9-5-6-13-12(9)15-11(14-10)8(3)4;1-6-11(15-9(4)8(2)3)12-10(5)13-7-14-12;1-6(2)8-9-10(12-5-4-11-9)14-7(3)13-8;3*1-2/h5-8H,1-4H3,(H,13,14,15);7-9H,6H2,1-5H3,(H,13,14);6,11H,4-5H2,1-3H3,(H,12,13,14);3*1-2H3. The molecule has 4 aromatic heterocycles. The normalized spacial score (nSPS) is 12.4. The molecule has 0 aromatic carbocycles. The Morgan fingerprint density at radius 2 is 1.34 bits per heavy atom. The maximum Gasteiger partial charge on any atom is 0.153 e. The predicted molar refractivity (Wildman–Crippen MR) is 218 cm³/mol. The Hall–Kier alpha value is -3.82. The van der Waals surface area contributed by atoms with Crippen LogP contribution in [-0.2, 0) is 0 Å². The minimum Gasteiger partial charge on any atom is -0.379 e. The molecular weight excluding hydrogens is 621 g/mol. The van der Waals surface area contributed by atoms with Crippen molar-refractivity contribution in [1.82, 2.24) is 34.9 Å². The van der Waals surface area contributed by atoms with Gasteiger partial charge < -0.3 is 20.6 Å². The van der Waals surface area contributed by atoms with Gasteiger partial charge in [0.05, 0.1) is 29.1 Å². The van der Waals surface area contributed by atoms with Crippen molar-refractivity contribution in [1.29, 1.82) is 0 Å². The predicted octanol–water partition coefficient (Wildman–Crippen LogP) is 11.0. The monoisotopic (exact) mass is 693 g/mol. The SMILES string of the molecule is CC.CC.CC.CC(C)c1nc(C(C)C)c2cc[nH]c2n1.CCC(=NC(C)C(C)C)c1nc[nH]c1C.Cc1nc2c(c(C(C)C)n1)NCCN2. The topological polar surface area (TPSA) is 132 Å². The third-order valence-electron chi connectivity index (χ3n) is 7.60. The third kappa shape index (κ3) is 13.8. The molecule has 282 valence electrons. The van der Waals surface area contributed by atoms with Gasteiger partial charge in [0.2, 0.25) is 0 Å². The van der Waals surface area contributed by atoms with Crippen molar-refractivity contribution in [2.24, 2.45) is 10.9 Å². The number of aromatic nitrogens is 7. The van der Waals surface area contributed by atoms with E-state index in [0.717, 1.165) is 82.2 Å². The molecule has 0 radical (unpaired) electrons. The lowest BCUT2D eigenvalue weighted by Gasteiger charge is -2.22. The van der Waals surface area contributed by atoms with Gasteiger partial charge in [0.1, 0.15) is 23.0 Å². The molecule has 1 unspecified atom stereocenters. The summed E-state index contributed by atoms with van der Waals surface area (Å²) in [5.74, 6) is 4.52. The van der Waals surface area contributed by atoms with Crippen LogP contribution in [0.15, 0.2) is 23.6 Å². The van der Waals surface area contributed by atoms with Crippen LogP contribution in [0.25, 0.3) is 11.0 Å². The van der Waals surface area contributed by atoms with Crippen LogP contribution in [0.3, 0.4) is 0 Å². The first kappa shape index (κ1) is 46.2. The molecule has 10 heteroatoms. The highest BCUT2D eigenvalue weighted by molar-refractivity contribution is 5.99. The lowest BCUT2D eigenvalue weighted by Crippen LogP contribution is -2.24. The number of hydrogen-bond acceptors (Lipinski definition) is 8. The Bertz CT molecular complexity index is 1510. The van der Waals surface area contributed by atoms with Gasteiger partial charge in [-0.2, -0.15) is 0 Å². The van der Waals surface area contributed by atoms with E-state index in [9.17, 15) is 0 Å². The van der Waals surface area contributed by atoms with E-state index in [4.69, 9.17) is 4.99 Å². The summed E-state index contributed by atoms with van der Waals surface area (Å²) in [6.45, 7) is 39.4. The number of aryl methyl sites for hydroxylation is 2. The molecule has 1 aliphatic heterocycles.